The highest BCUT2D eigenvalue weighted by Crippen LogP contribution is 2.29. The van der Waals surface area contributed by atoms with E-state index in [9.17, 15) is 4.79 Å². The summed E-state index contributed by atoms with van der Waals surface area (Å²) in [6, 6.07) is 15.4. The number of hydrogen-bond donors (Lipinski definition) is 2. The van der Waals surface area contributed by atoms with Gasteiger partial charge in [-0.25, -0.2) is 0 Å². The van der Waals surface area contributed by atoms with E-state index in [1.54, 1.807) is 6.08 Å². The van der Waals surface area contributed by atoms with Gasteiger partial charge in [0.05, 0.1) is 10.7 Å². The van der Waals surface area contributed by atoms with E-state index in [1.807, 2.05) is 48.5 Å². The van der Waals surface area contributed by atoms with E-state index in [0.717, 1.165) is 49.7 Å². The van der Waals surface area contributed by atoms with Gasteiger partial charge in [0.15, 0.2) is 5.11 Å². The fourth-order valence-corrected chi connectivity index (χ4v) is 3.72. The van der Waals surface area contributed by atoms with Crippen molar-refractivity contribution in [3.8, 4) is 0 Å². The number of benzene rings is 2. The Kier molecular flexibility index (Phi) is 7.63. The van der Waals surface area contributed by atoms with Gasteiger partial charge in [-0.2, -0.15) is 0 Å². The third-order valence-corrected chi connectivity index (χ3v) is 5.34. The molecule has 1 amide bonds. The number of nitrogens with zero attached hydrogens (tertiary/aromatic N) is 2. The molecule has 0 aromatic heterocycles. The molecule has 1 aliphatic heterocycles. The summed E-state index contributed by atoms with van der Waals surface area (Å²) in [5.41, 5.74) is 2.71. The zero-order chi connectivity index (χ0) is 20.6. The molecule has 2 aromatic carbocycles. The minimum Gasteiger partial charge on any atom is -0.368 e. The molecular formula is C22H25ClN4OS. The van der Waals surface area contributed by atoms with Crippen molar-refractivity contribution in [1.82, 2.24) is 10.2 Å². The van der Waals surface area contributed by atoms with E-state index < -0.39 is 0 Å². The molecule has 2 N–H and O–H groups in total. The van der Waals surface area contributed by atoms with Crippen LogP contribution in [0.4, 0.5) is 11.4 Å². The lowest BCUT2D eigenvalue weighted by atomic mass is 10.2. The Hall–Kier alpha value is -2.41. The average molecular weight is 429 g/mol. The first kappa shape index (κ1) is 21.3. The summed E-state index contributed by atoms with van der Waals surface area (Å²) >= 11 is 11.7. The van der Waals surface area contributed by atoms with Crippen molar-refractivity contribution in [3.63, 3.8) is 0 Å². The number of hydrogen-bond acceptors (Lipinski definition) is 4. The predicted molar refractivity (Wildman–Crippen MR) is 126 cm³/mol. The SMILES string of the molecule is CCN1CCN(c2ccc(NC(=S)NC(=O)C=Cc3ccccc3)cc2Cl)CC1. The number of rotatable bonds is 5. The Bertz CT molecular complexity index is 880. The van der Waals surface area contributed by atoms with Crippen LogP contribution in [-0.2, 0) is 4.79 Å². The summed E-state index contributed by atoms with van der Waals surface area (Å²) in [7, 11) is 0. The van der Waals surface area contributed by atoms with E-state index >= 15 is 0 Å². The molecule has 1 aliphatic rings. The van der Waals surface area contributed by atoms with Crippen molar-refractivity contribution in [1.29, 1.82) is 0 Å². The van der Waals surface area contributed by atoms with Crippen molar-refractivity contribution in [2.45, 2.75) is 6.92 Å². The molecule has 0 bridgehead atoms. The second-order valence-corrected chi connectivity index (χ2v) is 7.59. The summed E-state index contributed by atoms with van der Waals surface area (Å²) in [4.78, 5) is 16.8. The number of carbonyl (C=O) groups is 1. The van der Waals surface area contributed by atoms with Crippen LogP contribution < -0.4 is 15.5 Å². The van der Waals surface area contributed by atoms with Crippen LogP contribution in [-0.4, -0.2) is 48.6 Å². The molecule has 1 saturated heterocycles. The van der Waals surface area contributed by atoms with E-state index in [4.69, 9.17) is 23.8 Å². The molecule has 29 heavy (non-hydrogen) atoms. The van der Waals surface area contributed by atoms with E-state index in [0.29, 0.717) is 5.02 Å². The van der Waals surface area contributed by atoms with Crippen LogP contribution >= 0.6 is 23.8 Å². The lowest BCUT2D eigenvalue weighted by molar-refractivity contribution is -0.115. The van der Waals surface area contributed by atoms with Crippen LogP contribution in [0.1, 0.15) is 12.5 Å². The number of carbonyl (C=O) groups excluding carboxylic acids is 1. The first-order chi connectivity index (χ1) is 14.0. The zero-order valence-corrected chi connectivity index (χ0v) is 18.0. The molecule has 5 nitrogen and oxygen atoms in total. The van der Waals surface area contributed by atoms with Gasteiger partial charge in [-0.3, -0.25) is 10.1 Å². The number of nitrogens with one attached hydrogen (secondary N) is 2. The van der Waals surface area contributed by atoms with Crippen LogP contribution in [0.3, 0.4) is 0 Å². The van der Waals surface area contributed by atoms with Crippen molar-refractivity contribution < 1.29 is 4.79 Å². The zero-order valence-electron chi connectivity index (χ0n) is 16.4. The van der Waals surface area contributed by atoms with Gasteiger partial charge >= 0.3 is 0 Å². The number of piperazine rings is 1. The Morgan fingerprint density at radius 1 is 1.14 bits per heavy atom. The van der Waals surface area contributed by atoms with Gasteiger partial charge in [-0.05, 0) is 48.6 Å². The molecule has 1 fully saturated rings. The fraction of sp³-hybridized carbons (Fsp3) is 0.273. The van der Waals surface area contributed by atoms with Gasteiger partial charge in [0.1, 0.15) is 0 Å². The minimum atomic E-state index is -0.289. The van der Waals surface area contributed by atoms with Crippen molar-refractivity contribution >= 4 is 52.3 Å². The average Bonchev–Trinajstić information content (AvgIpc) is 2.73. The molecule has 0 unspecified atom stereocenters. The highest BCUT2D eigenvalue weighted by Gasteiger charge is 2.18. The van der Waals surface area contributed by atoms with Crippen molar-refractivity contribution in [2.24, 2.45) is 0 Å². The quantitative estimate of drug-likeness (QED) is 0.556. The Labute approximate surface area is 182 Å². The Balaban J connectivity index is 1.53. The van der Waals surface area contributed by atoms with Gasteiger partial charge in [-0.15, -0.1) is 0 Å². The number of thiocarbonyl (C=S) groups is 1. The van der Waals surface area contributed by atoms with Crippen LogP contribution in [0.2, 0.25) is 5.02 Å². The molecule has 0 atom stereocenters. The van der Waals surface area contributed by atoms with E-state index in [2.05, 4.69) is 27.4 Å². The van der Waals surface area contributed by atoms with Crippen LogP contribution in [0.25, 0.3) is 6.08 Å². The topological polar surface area (TPSA) is 47.6 Å². The maximum Gasteiger partial charge on any atom is 0.250 e. The molecule has 2 aromatic rings. The Morgan fingerprint density at radius 3 is 2.52 bits per heavy atom. The number of anilines is 2. The normalized spacial score (nSPS) is 14.8. The standard InChI is InChI=1S/C22H25ClN4OS/c1-2-26-12-14-27(15-13-26)20-10-9-18(16-19(20)23)24-22(29)25-21(28)11-8-17-6-4-3-5-7-17/h3-11,16H,2,12-15H2,1H3,(H2,24,25,28,29). The molecule has 0 saturated carbocycles. The van der Waals surface area contributed by atoms with Gasteiger partial charge in [0.25, 0.3) is 0 Å². The fourth-order valence-electron chi connectivity index (χ4n) is 3.20. The second kappa shape index (κ2) is 10.4. The maximum absolute atomic E-state index is 12.0. The molecule has 7 heteroatoms. The van der Waals surface area contributed by atoms with E-state index in [1.165, 1.54) is 6.08 Å². The first-order valence-corrected chi connectivity index (χ1v) is 10.5. The number of likely N-dealkylation sites (N-methyl/N-ethyl adjacent to an activating group) is 1. The minimum absolute atomic E-state index is 0.230. The molecule has 152 valence electrons. The van der Waals surface area contributed by atoms with Crippen molar-refractivity contribution in [3.05, 3.63) is 65.2 Å². The van der Waals surface area contributed by atoms with Gasteiger partial charge in [0.2, 0.25) is 5.91 Å². The predicted octanol–water partition coefficient (Wildman–Crippen LogP) is 4.01. The summed E-state index contributed by atoms with van der Waals surface area (Å²) in [6.45, 7) is 7.26. The molecular weight excluding hydrogens is 404 g/mol. The van der Waals surface area contributed by atoms with Crippen LogP contribution in [0, 0.1) is 0 Å². The molecule has 0 radical (unpaired) electrons. The Morgan fingerprint density at radius 2 is 1.86 bits per heavy atom. The summed E-state index contributed by atoms with van der Waals surface area (Å²) < 4.78 is 0. The van der Waals surface area contributed by atoms with Gasteiger partial charge in [0, 0.05) is 37.9 Å². The van der Waals surface area contributed by atoms with Crippen LogP contribution in [0.5, 0.6) is 0 Å². The van der Waals surface area contributed by atoms with Gasteiger partial charge in [-0.1, -0.05) is 48.9 Å². The smallest absolute Gasteiger partial charge is 0.250 e. The first-order valence-electron chi connectivity index (χ1n) is 9.67. The second-order valence-electron chi connectivity index (χ2n) is 6.77. The highest BCUT2D eigenvalue weighted by molar-refractivity contribution is 7.80. The summed E-state index contributed by atoms with van der Waals surface area (Å²) in [6.07, 6.45) is 3.19. The molecule has 1 heterocycles. The summed E-state index contributed by atoms with van der Waals surface area (Å²) in [5.74, 6) is -0.289. The number of halogens is 1. The molecule has 3 rings (SSSR count). The van der Waals surface area contributed by atoms with Gasteiger partial charge < -0.3 is 15.1 Å². The highest BCUT2D eigenvalue weighted by atomic mass is 35.5. The monoisotopic (exact) mass is 428 g/mol. The molecule has 0 aliphatic carbocycles. The van der Waals surface area contributed by atoms with Crippen molar-refractivity contribution in [2.75, 3.05) is 42.9 Å². The maximum atomic E-state index is 12.0. The summed E-state index contributed by atoms with van der Waals surface area (Å²) in [5, 5.41) is 6.55. The van der Waals surface area contributed by atoms with Crippen LogP contribution in [0.15, 0.2) is 54.6 Å². The molecule has 0 spiro atoms. The lowest BCUT2D eigenvalue weighted by Crippen LogP contribution is -2.46. The lowest BCUT2D eigenvalue weighted by Gasteiger charge is -2.36. The number of amides is 1. The third-order valence-electron chi connectivity index (χ3n) is 4.83. The van der Waals surface area contributed by atoms with E-state index in [-0.39, 0.29) is 11.0 Å². The third kappa shape index (κ3) is 6.29. The largest absolute Gasteiger partial charge is 0.368 e.